The molecule has 0 spiro atoms. The first kappa shape index (κ1) is 12.9. The molecule has 3 rings (SSSR count). The number of rotatable bonds is 7. The molecule has 0 aromatic carbocycles. The summed E-state index contributed by atoms with van der Waals surface area (Å²) >= 11 is 0. The van der Waals surface area contributed by atoms with Gasteiger partial charge in [-0.2, -0.15) is 0 Å². The molecule has 0 unspecified atom stereocenters. The van der Waals surface area contributed by atoms with Crippen molar-refractivity contribution in [2.45, 2.75) is 38.3 Å². The van der Waals surface area contributed by atoms with Crippen LogP contribution >= 0.6 is 0 Å². The Labute approximate surface area is 115 Å². The summed E-state index contributed by atoms with van der Waals surface area (Å²) in [4.78, 5) is 6.64. The molecule has 2 aliphatic rings. The molecule has 1 saturated carbocycles. The standard InChI is InChI=1S/C15H23N3O/c1-2-8-18(7-1)9-10-19-15-12-16-6-5-13(15)11-17-14-3-4-14/h5-6,12,14,17H,1-4,7-11H2. The highest BCUT2D eigenvalue weighted by molar-refractivity contribution is 5.29. The van der Waals surface area contributed by atoms with Crippen molar-refractivity contribution in [3.63, 3.8) is 0 Å². The van der Waals surface area contributed by atoms with E-state index >= 15 is 0 Å². The van der Waals surface area contributed by atoms with Crippen molar-refractivity contribution in [2.24, 2.45) is 0 Å². The molecule has 1 aliphatic carbocycles. The van der Waals surface area contributed by atoms with Gasteiger partial charge in [0.2, 0.25) is 0 Å². The van der Waals surface area contributed by atoms with Crippen LogP contribution in [0.4, 0.5) is 0 Å². The third-order valence-electron chi connectivity index (χ3n) is 3.89. The molecule has 1 aromatic rings. The summed E-state index contributed by atoms with van der Waals surface area (Å²) < 4.78 is 5.91. The minimum atomic E-state index is 0.727. The number of ether oxygens (including phenoxy) is 1. The molecule has 19 heavy (non-hydrogen) atoms. The highest BCUT2D eigenvalue weighted by atomic mass is 16.5. The van der Waals surface area contributed by atoms with Gasteiger partial charge in [-0.05, 0) is 44.8 Å². The predicted octanol–water partition coefficient (Wildman–Crippen LogP) is 1.81. The van der Waals surface area contributed by atoms with Gasteiger partial charge in [0.25, 0.3) is 0 Å². The smallest absolute Gasteiger partial charge is 0.142 e. The molecule has 1 saturated heterocycles. The average Bonchev–Trinajstić information content (AvgIpc) is 3.13. The number of hydrogen-bond acceptors (Lipinski definition) is 4. The summed E-state index contributed by atoms with van der Waals surface area (Å²) in [7, 11) is 0. The summed E-state index contributed by atoms with van der Waals surface area (Å²) in [6.07, 6.45) is 8.99. The van der Waals surface area contributed by atoms with E-state index in [2.05, 4.69) is 21.3 Å². The molecule has 2 heterocycles. The van der Waals surface area contributed by atoms with E-state index in [1.165, 1.54) is 44.3 Å². The molecule has 1 aliphatic heterocycles. The number of hydrogen-bond donors (Lipinski definition) is 1. The molecule has 0 radical (unpaired) electrons. The van der Waals surface area contributed by atoms with Crippen LogP contribution < -0.4 is 10.1 Å². The van der Waals surface area contributed by atoms with Crippen LogP contribution in [0.3, 0.4) is 0 Å². The van der Waals surface area contributed by atoms with Gasteiger partial charge >= 0.3 is 0 Å². The zero-order chi connectivity index (χ0) is 12.9. The largest absolute Gasteiger partial charge is 0.490 e. The fourth-order valence-corrected chi connectivity index (χ4v) is 2.52. The quantitative estimate of drug-likeness (QED) is 0.812. The highest BCUT2D eigenvalue weighted by Crippen LogP contribution is 2.22. The second kappa shape index (κ2) is 6.35. The molecule has 104 valence electrons. The maximum absolute atomic E-state index is 5.91. The van der Waals surface area contributed by atoms with Gasteiger partial charge in [-0.15, -0.1) is 0 Å². The molecule has 1 aromatic heterocycles. The van der Waals surface area contributed by atoms with Crippen LogP contribution in [-0.2, 0) is 6.54 Å². The van der Waals surface area contributed by atoms with Gasteiger partial charge in [0.15, 0.2) is 0 Å². The lowest BCUT2D eigenvalue weighted by Gasteiger charge is -2.16. The van der Waals surface area contributed by atoms with Crippen LogP contribution in [0.2, 0.25) is 0 Å². The molecule has 1 N–H and O–H groups in total. The summed E-state index contributed by atoms with van der Waals surface area (Å²) in [6, 6.07) is 2.78. The van der Waals surface area contributed by atoms with E-state index in [0.717, 1.165) is 31.5 Å². The maximum atomic E-state index is 5.91. The van der Waals surface area contributed by atoms with Crippen LogP contribution in [0, 0.1) is 0 Å². The molecule has 4 heteroatoms. The minimum Gasteiger partial charge on any atom is -0.490 e. The topological polar surface area (TPSA) is 37.4 Å². The monoisotopic (exact) mass is 261 g/mol. The lowest BCUT2D eigenvalue weighted by atomic mass is 10.2. The second-order valence-corrected chi connectivity index (χ2v) is 5.54. The van der Waals surface area contributed by atoms with Gasteiger partial charge in [0.1, 0.15) is 12.4 Å². The third kappa shape index (κ3) is 3.91. The van der Waals surface area contributed by atoms with E-state index in [-0.39, 0.29) is 0 Å². The lowest BCUT2D eigenvalue weighted by molar-refractivity contribution is 0.235. The van der Waals surface area contributed by atoms with Crippen LogP contribution in [0.15, 0.2) is 18.5 Å². The zero-order valence-electron chi connectivity index (χ0n) is 11.5. The van der Waals surface area contributed by atoms with Gasteiger partial charge in [-0.1, -0.05) is 0 Å². The van der Waals surface area contributed by atoms with E-state index < -0.39 is 0 Å². The minimum absolute atomic E-state index is 0.727. The Kier molecular flexibility index (Phi) is 4.30. The third-order valence-corrected chi connectivity index (χ3v) is 3.89. The fourth-order valence-electron chi connectivity index (χ4n) is 2.52. The van der Waals surface area contributed by atoms with Gasteiger partial charge in [-0.25, -0.2) is 0 Å². The molecular weight excluding hydrogens is 238 g/mol. The Morgan fingerprint density at radius 3 is 2.95 bits per heavy atom. The van der Waals surface area contributed by atoms with E-state index in [1.54, 1.807) is 0 Å². The highest BCUT2D eigenvalue weighted by Gasteiger charge is 2.20. The second-order valence-electron chi connectivity index (χ2n) is 5.54. The van der Waals surface area contributed by atoms with Crippen molar-refractivity contribution in [3.8, 4) is 5.75 Å². The fraction of sp³-hybridized carbons (Fsp3) is 0.667. The number of pyridine rings is 1. The van der Waals surface area contributed by atoms with Crippen molar-refractivity contribution in [1.29, 1.82) is 0 Å². The van der Waals surface area contributed by atoms with Crippen LogP contribution in [-0.4, -0.2) is 42.2 Å². The normalized spacial score (nSPS) is 19.8. The van der Waals surface area contributed by atoms with Gasteiger partial charge in [0, 0.05) is 30.9 Å². The van der Waals surface area contributed by atoms with Crippen molar-refractivity contribution in [2.75, 3.05) is 26.2 Å². The first-order chi connectivity index (χ1) is 9.42. The Morgan fingerprint density at radius 1 is 1.32 bits per heavy atom. The number of nitrogens with zero attached hydrogens (tertiary/aromatic N) is 2. The van der Waals surface area contributed by atoms with Gasteiger partial charge < -0.3 is 10.1 Å². The number of aromatic nitrogens is 1. The molecule has 2 fully saturated rings. The SMILES string of the molecule is c1cc(CNC2CC2)c(OCCN2CCCC2)cn1. The molecule has 0 bridgehead atoms. The van der Waals surface area contributed by atoms with Crippen molar-refractivity contribution < 1.29 is 4.74 Å². The zero-order valence-corrected chi connectivity index (χ0v) is 11.5. The molecule has 4 nitrogen and oxygen atoms in total. The lowest BCUT2D eigenvalue weighted by Crippen LogP contribution is -2.25. The van der Waals surface area contributed by atoms with E-state index in [1.807, 2.05) is 12.4 Å². The van der Waals surface area contributed by atoms with Gasteiger partial charge in [-0.3, -0.25) is 9.88 Å². The van der Waals surface area contributed by atoms with Crippen molar-refractivity contribution in [1.82, 2.24) is 15.2 Å². The average molecular weight is 261 g/mol. The molecule has 0 atom stereocenters. The van der Waals surface area contributed by atoms with Crippen LogP contribution in [0.5, 0.6) is 5.75 Å². The van der Waals surface area contributed by atoms with E-state index in [0.29, 0.717) is 0 Å². The van der Waals surface area contributed by atoms with Crippen LogP contribution in [0.25, 0.3) is 0 Å². The Morgan fingerprint density at radius 2 is 2.16 bits per heavy atom. The summed E-state index contributed by atoms with van der Waals surface area (Å²) in [6.45, 7) is 5.15. The van der Waals surface area contributed by atoms with E-state index in [4.69, 9.17) is 4.74 Å². The Balaban J connectivity index is 1.47. The number of nitrogens with one attached hydrogen (secondary N) is 1. The first-order valence-corrected chi connectivity index (χ1v) is 7.43. The van der Waals surface area contributed by atoms with Crippen molar-refractivity contribution in [3.05, 3.63) is 24.0 Å². The maximum Gasteiger partial charge on any atom is 0.142 e. The molecular formula is C15H23N3O. The first-order valence-electron chi connectivity index (χ1n) is 7.43. The summed E-state index contributed by atoms with van der Waals surface area (Å²) in [5.41, 5.74) is 1.23. The van der Waals surface area contributed by atoms with Crippen molar-refractivity contribution >= 4 is 0 Å². The predicted molar refractivity (Wildman–Crippen MR) is 75.3 cm³/mol. The Hall–Kier alpha value is -1.13. The molecule has 0 amide bonds. The van der Waals surface area contributed by atoms with Gasteiger partial charge in [0.05, 0.1) is 6.20 Å². The Bertz CT molecular complexity index is 400. The summed E-state index contributed by atoms with van der Waals surface area (Å²) in [5, 5.41) is 3.53. The van der Waals surface area contributed by atoms with E-state index in [9.17, 15) is 0 Å². The number of likely N-dealkylation sites (tertiary alicyclic amines) is 1. The summed E-state index contributed by atoms with van der Waals surface area (Å²) in [5.74, 6) is 0.940. The van der Waals surface area contributed by atoms with Crippen LogP contribution in [0.1, 0.15) is 31.2 Å².